The van der Waals surface area contributed by atoms with Gasteiger partial charge in [0.1, 0.15) is 0 Å². The maximum Gasteiger partial charge on any atom is 0.494 e. The van der Waals surface area contributed by atoms with Crippen molar-refractivity contribution in [2.75, 3.05) is 0 Å². The number of hydrogen-bond donors (Lipinski definition) is 0. The van der Waals surface area contributed by atoms with E-state index in [2.05, 4.69) is 140 Å². The predicted molar refractivity (Wildman–Crippen MR) is 213 cm³/mol. The molecule has 0 atom stereocenters. The minimum absolute atomic E-state index is 0.490. The third-order valence-electron chi connectivity index (χ3n) is 13.0. The van der Waals surface area contributed by atoms with Crippen molar-refractivity contribution in [3.63, 3.8) is 0 Å². The molecule has 6 aromatic rings. The zero-order valence-corrected chi connectivity index (χ0v) is 31.6. The summed E-state index contributed by atoms with van der Waals surface area (Å²) in [5, 5.41) is 0. The molecule has 1 spiro atoms. The van der Waals surface area contributed by atoms with E-state index in [-0.39, 0.29) is 0 Å². The summed E-state index contributed by atoms with van der Waals surface area (Å²) >= 11 is 0. The first kappa shape index (κ1) is 33.0. The second kappa shape index (κ2) is 10.8. The minimum atomic E-state index is -0.758. The van der Waals surface area contributed by atoms with E-state index in [1.807, 2.05) is 24.3 Å². The first-order chi connectivity index (χ1) is 25.2. The number of aromatic nitrogens is 2. The van der Waals surface area contributed by atoms with Gasteiger partial charge in [-0.25, -0.2) is 9.97 Å². The Morgan fingerprint density at radius 2 is 0.755 bits per heavy atom. The molecule has 0 amide bonds. The average Bonchev–Trinajstić information content (AvgIpc) is 3.62. The van der Waals surface area contributed by atoms with Crippen LogP contribution < -0.4 is 10.9 Å². The summed E-state index contributed by atoms with van der Waals surface area (Å²) in [6.07, 6.45) is 0. The van der Waals surface area contributed by atoms with Gasteiger partial charge in [0.2, 0.25) is 0 Å². The third-order valence-corrected chi connectivity index (χ3v) is 13.0. The first-order valence-electron chi connectivity index (χ1n) is 18.7. The lowest BCUT2D eigenvalue weighted by Crippen LogP contribution is -2.41. The molecule has 8 heteroatoms. The van der Waals surface area contributed by atoms with Gasteiger partial charge in [0.25, 0.3) is 0 Å². The molecule has 3 heterocycles. The summed E-state index contributed by atoms with van der Waals surface area (Å²) < 4.78 is 26.8. The molecule has 0 unspecified atom stereocenters. The van der Waals surface area contributed by atoms with Gasteiger partial charge in [-0.3, -0.25) is 0 Å². The molecule has 2 fully saturated rings. The molecule has 0 N–H and O–H groups in total. The van der Waals surface area contributed by atoms with Crippen LogP contribution in [0.15, 0.2) is 109 Å². The molecule has 1 aromatic heterocycles. The number of fused-ring (bicyclic) bond motifs is 13. The van der Waals surface area contributed by atoms with Crippen LogP contribution in [0, 0.1) is 0 Å². The number of nitrogens with zero attached hydrogens (tertiary/aromatic N) is 2. The fourth-order valence-corrected chi connectivity index (χ4v) is 8.74. The lowest BCUT2D eigenvalue weighted by Gasteiger charge is -2.36. The second-order valence-corrected chi connectivity index (χ2v) is 17.0. The molecule has 262 valence electrons. The number of hydrogen-bond acceptors (Lipinski definition) is 6. The van der Waals surface area contributed by atoms with Crippen LogP contribution in [0.1, 0.15) is 77.6 Å². The number of rotatable bonds is 2. The monoisotopic (exact) mass is 696 g/mol. The lowest BCUT2D eigenvalue weighted by atomic mass is 9.63. The Morgan fingerprint density at radius 3 is 1.15 bits per heavy atom. The van der Waals surface area contributed by atoms with E-state index in [0.717, 1.165) is 55.6 Å². The highest BCUT2D eigenvalue weighted by atomic mass is 16.7. The van der Waals surface area contributed by atoms with Gasteiger partial charge in [0.05, 0.1) is 50.2 Å². The normalized spacial score (nSPS) is 20.5. The van der Waals surface area contributed by atoms with Crippen LogP contribution in [0.5, 0.6) is 0 Å². The molecule has 0 bridgehead atoms. The van der Waals surface area contributed by atoms with Crippen molar-refractivity contribution < 1.29 is 18.6 Å². The van der Waals surface area contributed by atoms with Crippen molar-refractivity contribution in [1.29, 1.82) is 0 Å². The molecule has 10 rings (SSSR count). The summed E-state index contributed by atoms with van der Waals surface area (Å²) in [5.41, 5.74) is 11.7. The standard InChI is InChI=1S/C45H42B2N2O4/c1-41(2)42(3,4)51-46(50-41)27-21-23-31-35(25-27)45(33-17-11-9-15-29(33)30-16-10-12-18-34(30)45)36-26-28(47-52-43(5,6)44(7,8)53-47)22-24-32(36)40-39(31)48-37-19-13-14-20-38(37)49-40/h9-26H,1-8H3. The van der Waals surface area contributed by atoms with Crippen LogP contribution in [0.3, 0.4) is 0 Å². The molecule has 6 nitrogen and oxygen atoms in total. The van der Waals surface area contributed by atoms with E-state index in [4.69, 9.17) is 28.6 Å². The van der Waals surface area contributed by atoms with Crippen LogP contribution in [0.25, 0.3) is 44.7 Å². The molecule has 0 radical (unpaired) electrons. The maximum atomic E-state index is 6.70. The van der Waals surface area contributed by atoms with Gasteiger partial charge >= 0.3 is 14.2 Å². The minimum Gasteiger partial charge on any atom is -0.399 e. The highest BCUT2D eigenvalue weighted by Crippen LogP contribution is 2.61. The van der Waals surface area contributed by atoms with Crippen molar-refractivity contribution in [2.45, 2.75) is 83.2 Å². The van der Waals surface area contributed by atoms with Gasteiger partial charge in [0, 0.05) is 11.1 Å². The molecule has 5 aromatic carbocycles. The molecule has 0 saturated carbocycles. The largest absolute Gasteiger partial charge is 0.494 e. The Balaban J connectivity index is 1.34. The number of para-hydroxylation sites is 2. The Bertz CT molecular complexity index is 2320. The SMILES string of the molecule is CC1(C)OB(c2ccc3c(c2)C2(c4ccccc4-c4ccccc42)c2cc(B4OC(C)(C)C(C)(C)O4)ccc2-c2nc4ccccc4nc2-3)OC1(C)C. The first-order valence-corrected chi connectivity index (χ1v) is 18.7. The Hall–Kier alpha value is -4.59. The van der Waals surface area contributed by atoms with Crippen LogP contribution >= 0.6 is 0 Å². The molecule has 2 aliphatic carbocycles. The van der Waals surface area contributed by atoms with Crippen molar-refractivity contribution in [3.05, 3.63) is 131 Å². The highest BCUT2D eigenvalue weighted by Gasteiger charge is 2.56. The van der Waals surface area contributed by atoms with Crippen molar-refractivity contribution in [2.24, 2.45) is 0 Å². The van der Waals surface area contributed by atoms with Gasteiger partial charge < -0.3 is 18.6 Å². The van der Waals surface area contributed by atoms with E-state index < -0.39 is 42.1 Å². The molecular weight excluding hydrogens is 654 g/mol. The van der Waals surface area contributed by atoms with Crippen molar-refractivity contribution in [3.8, 4) is 33.6 Å². The second-order valence-electron chi connectivity index (χ2n) is 17.0. The van der Waals surface area contributed by atoms with Gasteiger partial charge in [-0.15, -0.1) is 0 Å². The molecule has 53 heavy (non-hydrogen) atoms. The van der Waals surface area contributed by atoms with Crippen LogP contribution in [-0.4, -0.2) is 46.6 Å². The Labute approximate surface area is 312 Å². The summed E-state index contributed by atoms with van der Waals surface area (Å²) in [5.74, 6) is 0. The molecular formula is C45H42B2N2O4. The molecule has 2 aliphatic heterocycles. The average molecular weight is 696 g/mol. The zero-order valence-electron chi connectivity index (χ0n) is 31.6. The molecule has 2 saturated heterocycles. The number of benzene rings is 5. The zero-order chi connectivity index (χ0) is 36.7. The van der Waals surface area contributed by atoms with E-state index in [1.165, 1.54) is 22.3 Å². The van der Waals surface area contributed by atoms with Gasteiger partial charge in [-0.05, 0) is 112 Å². The van der Waals surface area contributed by atoms with E-state index >= 15 is 0 Å². The van der Waals surface area contributed by atoms with E-state index in [0.29, 0.717) is 0 Å². The predicted octanol–water partition coefficient (Wildman–Crippen LogP) is 8.24. The van der Waals surface area contributed by atoms with Crippen LogP contribution in [0.4, 0.5) is 0 Å². The lowest BCUT2D eigenvalue weighted by molar-refractivity contribution is 0.00578. The van der Waals surface area contributed by atoms with Crippen LogP contribution in [-0.2, 0) is 24.0 Å². The quantitative estimate of drug-likeness (QED) is 0.170. The van der Waals surface area contributed by atoms with Gasteiger partial charge in [0.15, 0.2) is 0 Å². The Kier molecular flexibility index (Phi) is 6.70. The summed E-state index contributed by atoms with van der Waals surface area (Å²) in [6, 6.07) is 39.2. The summed E-state index contributed by atoms with van der Waals surface area (Å²) in [4.78, 5) is 10.8. The smallest absolute Gasteiger partial charge is 0.399 e. The summed E-state index contributed by atoms with van der Waals surface area (Å²) in [6.45, 7) is 16.8. The van der Waals surface area contributed by atoms with Crippen molar-refractivity contribution >= 4 is 36.2 Å². The third kappa shape index (κ3) is 4.44. The van der Waals surface area contributed by atoms with Crippen molar-refractivity contribution in [1.82, 2.24) is 9.97 Å². The Morgan fingerprint density at radius 1 is 0.396 bits per heavy atom. The van der Waals surface area contributed by atoms with E-state index in [1.54, 1.807) is 0 Å². The van der Waals surface area contributed by atoms with Gasteiger partial charge in [-0.2, -0.15) is 0 Å². The van der Waals surface area contributed by atoms with E-state index in [9.17, 15) is 0 Å². The van der Waals surface area contributed by atoms with Crippen LogP contribution in [0.2, 0.25) is 0 Å². The summed E-state index contributed by atoms with van der Waals surface area (Å²) in [7, 11) is -1.09. The topological polar surface area (TPSA) is 62.7 Å². The fourth-order valence-electron chi connectivity index (χ4n) is 8.74. The maximum absolute atomic E-state index is 6.70. The highest BCUT2D eigenvalue weighted by molar-refractivity contribution is 6.62. The molecule has 4 aliphatic rings. The fraction of sp³-hybridized carbons (Fsp3) is 0.289. The van der Waals surface area contributed by atoms with Gasteiger partial charge in [-0.1, -0.05) is 97.1 Å².